The maximum atomic E-state index is 12.3. The van der Waals surface area contributed by atoms with E-state index in [9.17, 15) is 4.79 Å². The van der Waals surface area contributed by atoms with E-state index in [1.165, 1.54) is 0 Å². The van der Waals surface area contributed by atoms with Gasteiger partial charge in [-0.05, 0) is 23.6 Å². The number of benzene rings is 2. The number of pyridine rings is 1. The molecule has 3 aromatic rings. The molecule has 0 radical (unpaired) electrons. The highest BCUT2D eigenvalue weighted by Gasteiger charge is 2.35. The van der Waals surface area contributed by atoms with Crippen LogP contribution >= 0.6 is 0 Å². The maximum Gasteiger partial charge on any atom is 0.218 e. The van der Waals surface area contributed by atoms with E-state index in [1.807, 2.05) is 73.7 Å². The normalized spacial score (nSPS) is 12.9. The Morgan fingerprint density at radius 2 is 1.53 bits per heavy atom. The third-order valence-electron chi connectivity index (χ3n) is 5.08. The Bertz CT molecular complexity index is 930. The molecule has 0 spiro atoms. The number of carbonyl (C=O) groups excluding carboxylic acids is 1. The van der Waals surface area contributed by atoms with Crippen LogP contribution in [0.5, 0.6) is 5.88 Å². The van der Waals surface area contributed by atoms with Crippen LogP contribution in [0.3, 0.4) is 0 Å². The number of hydrogen-bond acceptors (Lipinski definition) is 5. The topological polar surface area (TPSA) is 57.7 Å². The first-order valence-electron chi connectivity index (χ1n) is 10.0. The van der Waals surface area contributed by atoms with E-state index in [2.05, 4.69) is 4.98 Å². The molecule has 0 fully saturated rings. The van der Waals surface area contributed by atoms with Gasteiger partial charge in [0.25, 0.3) is 0 Å². The molecule has 5 nitrogen and oxygen atoms in total. The molecule has 5 heteroatoms. The largest absolute Gasteiger partial charge is 0.481 e. The highest BCUT2D eigenvalue weighted by molar-refractivity contribution is 5.68. The Morgan fingerprint density at radius 1 is 0.900 bits per heavy atom. The number of nitrogens with zero attached hydrogens (tertiary/aromatic N) is 1. The first kappa shape index (κ1) is 21.7. The summed E-state index contributed by atoms with van der Waals surface area (Å²) < 4.78 is 17.6. The van der Waals surface area contributed by atoms with Crippen molar-refractivity contribution in [3.63, 3.8) is 0 Å². The minimum atomic E-state index is -1.11. The lowest BCUT2D eigenvalue weighted by molar-refractivity contribution is -0.135. The number of hydrogen-bond donors (Lipinski definition) is 0. The van der Waals surface area contributed by atoms with Crippen molar-refractivity contribution >= 4 is 6.29 Å². The average Bonchev–Trinajstić information content (AvgIpc) is 2.82. The lowest BCUT2D eigenvalue weighted by Crippen LogP contribution is -2.32. The van der Waals surface area contributed by atoms with Gasteiger partial charge in [0.15, 0.2) is 6.29 Å². The molecule has 156 valence electrons. The summed E-state index contributed by atoms with van der Waals surface area (Å²) in [6, 6.07) is 21.5. The first-order valence-corrected chi connectivity index (χ1v) is 10.0. The summed E-state index contributed by atoms with van der Waals surface area (Å²) in [5.41, 5.74) is 2.39. The van der Waals surface area contributed by atoms with Gasteiger partial charge in [-0.1, -0.05) is 67.6 Å². The van der Waals surface area contributed by atoms with Crippen LogP contribution in [0.25, 0.3) is 0 Å². The molecule has 0 aliphatic carbocycles. The van der Waals surface area contributed by atoms with Crippen LogP contribution in [0.2, 0.25) is 0 Å². The zero-order chi connectivity index (χ0) is 21.2. The van der Waals surface area contributed by atoms with Crippen molar-refractivity contribution in [2.75, 3.05) is 7.11 Å². The summed E-state index contributed by atoms with van der Waals surface area (Å²) in [5, 5.41) is 0. The van der Waals surface area contributed by atoms with Gasteiger partial charge in [0, 0.05) is 17.3 Å². The second-order valence-electron chi connectivity index (χ2n) is 6.96. The number of ether oxygens (including phenoxy) is 3. The second-order valence-corrected chi connectivity index (χ2v) is 6.96. The zero-order valence-electron chi connectivity index (χ0n) is 17.4. The van der Waals surface area contributed by atoms with Gasteiger partial charge in [-0.15, -0.1) is 0 Å². The van der Waals surface area contributed by atoms with Crippen LogP contribution in [0.4, 0.5) is 0 Å². The van der Waals surface area contributed by atoms with Crippen molar-refractivity contribution in [3.05, 3.63) is 95.2 Å². The highest BCUT2D eigenvalue weighted by Crippen LogP contribution is 2.35. The fourth-order valence-corrected chi connectivity index (χ4v) is 3.37. The molecule has 0 N–H and O–H groups in total. The SMILES string of the molecule is CC[C@@](C=O)(OCc1ccccc1)c1ccnc(OC)c1COCc1ccccc1. The lowest BCUT2D eigenvalue weighted by Gasteiger charge is -2.30. The molecular weight excluding hydrogens is 378 g/mol. The Hall–Kier alpha value is -3.02. The predicted octanol–water partition coefficient (Wildman–Crippen LogP) is 4.83. The first-order chi connectivity index (χ1) is 14.7. The van der Waals surface area contributed by atoms with E-state index in [1.54, 1.807) is 13.3 Å². The molecule has 0 aliphatic rings. The van der Waals surface area contributed by atoms with Gasteiger partial charge in [-0.3, -0.25) is 4.79 Å². The van der Waals surface area contributed by atoms with Crippen LogP contribution in [0.1, 0.15) is 35.6 Å². The van der Waals surface area contributed by atoms with Crippen molar-refractivity contribution < 1.29 is 19.0 Å². The Morgan fingerprint density at radius 3 is 2.10 bits per heavy atom. The van der Waals surface area contributed by atoms with Crippen molar-refractivity contribution in [1.29, 1.82) is 0 Å². The van der Waals surface area contributed by atoms with Crippen molar-refractivity contribution in [1.82, 2.24) is 4.98 Å². The number of aromatic nitrogens is 1. The summed E-state index contributed by atoms with van der Waals surface area (Å²) in [6.45, 7) is 2.96. The summed E-state index contributed by atoms with van der Waals surface area (Å²) >= 11 is 0. The number of aldehydes is 1. The molecule has 1 heterocycles. The lowest BCUT2D eigenvalue weighted by atomic mass is 9.89. The van der Waals surface area contributed by atoms with Gasteiger partial charge in [-0.2, -0.15) is 0 Å². The number of methoxy groups -OCH3 is 1. The molecule has 0 saturated heterocycles. The van der Waals surface area contributed by atoms with Crippen molar-refractivity contribution in [2.24, 2.45) is 0 Å². The van der Waals surface area contributed by atoms with Crippen LogP contribution in [-0.4, -0.2) is 18.4 Å². The Balaban J connectivity index is 1.86. The average molecular weight is 405 g/mol. The van der Waals surface area contributed by atoms with E-state index in [0.717, 1.165) is 28.5 Å². The van der Waals surface area contributed by atoms with Crippen molar-refractivity contribution in [3.8, 4) is 5.88 Å². The Labute approximate surface area is 177 Å². The van der Waals surface area contributed by atoms with E-state index >= 15 is 0 Å². The van der Waals surface area contributed by atoms with Crippen molar-refractivity contribution in [2.45, 2.75) is 38.8 Å². The minimum absolute atomic E-state index is 0.255. The van der Waals surface area contributed by atoms with Gasteiger partial charge in [0.1, 0.15) is 5.60 Å². The van der Waals surface area contributed by atoms with Gasteiger partial charge in [0.2, 0.25) is 5.88 Å². The van der Waals surface area contributed by atoms with E-state index in [4.69, 9.17) is 14.2 Å². The molecule has 0 amide bonds. The molecule has 3 rings (SSSR count). The molecule has 0 saturated carbocycles. The summed E-state index contributed by atoms with van der Waals surface area (Å²) in [5.74, 6) is 0.434. The van der Waals surface area contributed by atoms with Gasteiger partial charge in [-0.25, -0.2) is 4.98 Å². The molecular formula is C25H27NO4. The van der Waals surface area contributed by atoms with Crippen LogP contribution < -0.4 is 4.74 Å². The van der Waals surface area contributed by atoms with E-state index < -0.39 is 5.60 Å². The summed E-state index contributed by atoms with van der Waals surface area (Å²) in [6.07, 6.45) is 2.97. The van der Waals surface area contributed by atoms with Crippen LogP contribution in [0.15, 0.2) is 72.9 Å². The summed E-state index contributed by atoms with van der Waals surface area (Å²) in [4.78, 5) is 16.6. The van der Waals surface area contributed by atoms with E-state index in [0.29, 0.717) is 25.5 Å². The zero-order valence-corrected chi connectivity index (χ0v) is 17.4. The van der Waals surface area contributed by atoms with Gasteiger partial charge in [0.05, 0.1) is 26.9 Å². The highest BCUT2D eigenvalue weighted by atomic mass is 16.5. The molecule has 2 aromatic carbocycles. The molecule has 0 unspecified atom stereocenters. The van der Waals surface area contributed by atoms with E-state index in [-0.39, 0.29) is 6.61 Å². The second kappa shape index (κ2) is 10.7. The molecule has 0 aliphatic heterocycles. The standard InChI is InChI=1S/C25H27NO4/c1-3-25(19-27,30-17-21-12-8-5-9-13-21)23-14-15-26-24(28-2)22(23)18-29-16-20-10-6-4-7-11-20/h4-15,19H,3,16-18H2,1-2H3/t25-/m0/s1. The molecule has 1 atom stereocenters. The Kier molecular flexibility index (Phi) is 7.71. The maximum absolute atomic E-state index is 12.3. The summed E-state index contributed by atoms with van der Waals surface area (Å²) in [7, 11) is 1.56. The number of carbonyl (C=O) groups is 1. The van der Waals surface area contributed by atoms with Crippen LogP contribution in [0, 0.1) is 0 Å². The minimum Gasteiger partial charge on any atom is -0.481 e. The third-order valence-corrected chi connectivity index (χ3v) is 5.08. The fraction of sp³-hybridized carbons (Fsp3) is 0.280. The number of rotatable bonds is 11. The molecule has 30 heavy (non-hydrogen) atoms. The molecule has 0 bridgehead atoms. The quantitative estimate of drug-likeness (QED) is 0.428. The predicted molar refractivity (Wildman–Crippen MR) is 115 cm³/mol. The van der Waals surface area contributed by atoms with Gasteiger partial charge >= 0.3 is 0 Å². The third kappa shape index (κ3) is 5.12. The fourth-order valence-electron chi connectivity index (χ4n) is 3.37. The monoisotopic (exact) mass is 405 g/mol. The van der Waals surface area contributed by atoms with Gasteiger partial charge < -0.3 is 14.2 Å². The smallest absolute Gasteiger partial charge is 0.218 e. The molecule has 1 aromatic heterocycles. The van der Waals surface area contributed by atoms with Crippen LogP contribution in [-0.2, 0) is 39.7 Å².